The fourth-order valence-corrected chi connectivity index (χ4v) is 2.04. The number of likely N-dealkylation sites (N-methyl/N-ethyl adjacent to an activating group) is 1. The Balaban J connectivity index is 2.43. The molecule has 0 bridgehead atoms. The van der Waals surface area contributed by atoms with Crippen molar-refractivity contribution in [2.75, 3.05) is 7.05 Å². The van der Waals surface area contributed by atoms with Gasteiger partial charge in [0.1, 0.15) is 5.82 Å². The summed E-state index contributed by atoms with van der Waals surface area (Å²) in [4.78, 5) is 0. The van der Waals surface area contributed by atoms with Gasteiger partial charge in [-0.15, -0.1) is 0 Å². The summed E-state index contributed by atoms with van der Waals surface area (Å²) >= 11 is 0. The molecule has 0 aromatic heterocycles. The first-order valence-electron chi connectivity index (χ1n) is 5.23. The lowest BCUT2D eigenvalue weighted by Gasteiger charge is -2.26. The number of fused-ring (bicyclic) bond motifs is 1. The van der Waals surface area contributed by atoms with Gasteiger partial charge in [-0.25, -0.2) is 4.39 Å². The predicted octanol–water partition coefficient (Wildman–Crippen LogP) is 2.76. The van der Waals surface area contributed by atoms with Crippen LogP contribution < -0.4 is 5.32 Å². The van der Waals surface area contributed by atoms with E-state index in [2.05, 4.69) is 25.2 Å². The highest BCUT2D eigenvalue weighted by molar-refractivity contribution is 5.78. The Labute approximate surface area is 90.0 Å². The van der Waals surface area contributed by atoms with Crippen LogP contribution in [0.25, 0.3) is 5.57 Å². The fourth-order valence-electron chi connectivity index (χ4n) is 2.04. The molecule has 0 saturated carbocycles. The fraction of sp³-hybridized carbons (Fsp3) is 0.385. The second-order valence-electron chi connectivity index (χ2n) is 4.50. The van der Waals surface area contributed by atoms with Crippen LogP contribution >= 0.6 is 0 Å². The monoisotopic (exact) mass is 205 g/mol. The second kappa shape index (κ2) is 3.46. The third kappa shape index (κ3) is 1.70. The smallest absolute Gasteiger partial charge is 0.123 e. The highest BCUT2D eigenvalue weighted by Crippen LogP contribution is 2.35. The highest BCUT2D eigenvalue weighted by Gasteiger charge is 2.27. The van der Waals surface area contributed by atoms with Crippen molar-refractivity contribution in [1.82, 2.24) is 5.32 Å². The molecule has 1 aromatic carbocycles. The molecule has 1 nitrogen and oxygen atoms in total. The molecular weight excluding hydrogens is 189 g/mol. The van der Waals surface area contributed by atoms with Crippen molar-refractivity contribution in [1.29, 1.82) is 0 Å². The molecular formula is C13H16FN. The maximum absolute atomic E-state index is 13.0. The zero-order valence-electron chi connectivity index (χ0n) is 9.39. The van der Waals surface area contributed by atoms with E-state index in [1.807, 2.05) is 13.1 Å². The molecule has 2 rings (SSSR count). The lowest BCUT2D eigenvalue weighted by atomic mass is 9.90. The summed E-state index contributed by atoms with van der Waals surface area (Å²) in [6.07, 6.45) is 3.02. The molecule has 0 spiro atoms. The standard InChI is InChI=1S/C13H16FN/c1-13(2,15-3)12-7-4-9-8-10(14)5-6-11(9)12/h5-8,15H,4H2,1-3H3. The Bertz CT molecular complexity index is 419. The first-order valence-corrected chi connectivity index (χ1v) is 5.23. The Morgan fingerprint density at radius 2 is 2.07 bits per heavy atom. The molecule has 0 unspecified atom stereocenters. The van der Waals surface area contributed by atoms with E-state index in [4.69, 9.17) is 0 Å². The Hall–Kier alpha value is -1.15. The molecule has 0 atom stereocenters. The van der Waals surface area contributed by atoms with Crippen molar-refractivity contribution < 1.29 is 4.39 Å². The molecule has 0 fully saturated rings. The molecule has 0 amide bonds. The number of allylic oxidation sites excluding steroid dienone is 1. The topological polar surface area (TPSA) is 12.0 Å². The quantitative estimate of drug-likeness (QED) is 0.782. The maximum Gasteiger partial charge on any atom is 0.123 e. The second-order valence-corrected chi connectivity index (χ2v) is 4.50. The van der Waals surface area contributed by atoms with E-state index in [1.165, 1.54) is 17.2 Å². The third-order valence-corrected chi connectivity index (χ3v) is 3.18. The Morgan fingerprint density at radius 1 is 1.33 bits per heavy atom. The molecule has 1 aliphatic carbocycles. The van der Waals surface area contributed by atoms with E-state index in [0.717, 1.165) is 12.0 Å². The van der Waals surface area contributed by atoms with Crippen LogP contribution in [0.5, 0.6) is 0 Å². The number of benzene rings is 1. The maximum atomic E-state index is 13.0. The molecule has 0 saturated heterocycles. The van der Waals surface area contributed by atoms with Gasteiger partial charge in [-0.1, -0.05) is 12.1 Å². The van der Waals surface area contributed by atoms with Crippen molar-refractivity contribution in [2.24, 2.45) is 0 Å². The van der Waals surface area contributed by atoms with E-state index in [0.29, 0.717) is 0 Å². The van der Waals surface area contributed by atoms with Gasteiger partial charge < -0.3 is 5.32 Å². The van der Waals surface area contributed by atoms with Crippen LogP contribution in [0.3, 0.4) is 0 Å². The van der Waals surface area contributed by atoms with Crippen molar-refractivity contribution in [3.05, 3.63) is 41.2 Å². The molecule has 0 radical (unpaired) electrons. The summed E-state index contributed by atoms with van der Waals surface area (Å²) in [5.41, 5.74) is 3.48. The number of nitrogens with one attached hydrogen (secondary N) is 1. The van der Waals surface area contributed by atoms with Crippen molar-refractivity contribution >= 4 is 5.57 Å². The minimum absolute atomic E-state index is 0.0525. The Kier molecular flexibility index (Phi) is 2.39. The molecule has 1 aromatic rings. The SMILES string of the molecule is CNC(C)(C)C1=CCc2cc(F)ccc21. The van der Waals surface area contributed by atoms with E-state index >= 15 is 0 Å². The summed E-state index contributed by atoms with van der Waals surface area (Å²) in [6, 6.07) is 5.04. The van der Waals surface area contributed by atoms with Gasteiger partial charge in [0.2, 0.25) is 0 Å². The Morgan fingerprint density at radius 3 is 2.73 bits per heavy atom. The van der Waals surface area contributed by atoms with Gasteiger partial charge in [0.15, 0.2) is 0 Å². The van der Waals surface area contributed by atoms with Crippen LogP contribution in [0.1, 0.15) is 25.0 Å². The van der Waals surface area contributed by atoms with E-state index < -0.39 is 0 Å². The van der Waals surface area contributed by atoms with Gasteiger partial charge in [-0.3, -0.25) is 0 Å². The number of hydrogen-bond donors (Lipinski definition) is 1. The van der Waals surface area contributed by atoms with Crippen LogP contribution in [0.2, 0.25) is 0 Å². The summed E-state index contributed by atoms with van der Waals surface area (Å²) in [7, 11) is 1.95. The lowest BCUT2D eigenvalue weighted by molar-refractivity contribution is 0.545. The predicted molar refractivity (Wildman–Crippen MR) is 61.2 cm³/mol. The van der Waals surface area contributed by atoms with E-state index in [1.54, 1.807) is 6.07 Å². The summed E-state index contributed by atoms with van der Waals surface area (Å²) in [5.74, 6) is -0.148. The van der Waals surface area contributed by atoms with Gasteiger partial charge in [-0.2, -0.15) is 0 Å². The molecule has 1 aliphatic rings. The van der Waals surface area contributed by atoms with Gasteiger partial charge in [0, 0.05) is 5.54 Å². The molecule has 0 aliphatic heterocycles. The average Bonchev–Trinajstić information content (AvgIpc) is 2.61. The summed E-state index contributed by atoms with van der Waals surface area (Å²) < 4.78 is 13.0. The summed E-state index contributed by atoms with van der Waals surface area (Å²) in [5, 5.41) is 3.28. The average molecular weight is 205 g/mol. The minimum Gasteiger partial charge on any atom is -0.311 e. The normalized spacial score (nSPS) is 15.1. The highest BCUT2D eigenvalue weighted by atomic mass is 19.1. The van der Waals surface area contributed by atoms with Crippen LogP contribution in [-0.2, 0) is 6.42 Å². The first-order chi connectivity index (χ1) is 7.04. The number of hydrogen-bond acceptors (Lipinski definition) is 1. The van der Waals surface area contributed by atoms with Gasteiger partial charge >= 0.3 is 0 Å². The zero-order chi connectivity index (χ0) is 11.1. The van der Waals surface area contributed by atoms with E-state index in [-0.39, 0.29) is 11.4 Å². The van der Waals surface area contributed by atoms with Gasteiger partial charge in [0.25, 0.3) is 0 Å². The lowest BCUT2D eigenvalue weighted by Crippen LogP contribution is -2.37. The van der Waals surface area contributed by atoms with Crippen LogP contribution in [-0.4, -0.2) is 12.6 Å². The minimum atomic E-state index is -0.148. The number of rotatable bonds is 2. The van der Waals surface area contributed by atoms with Crippen LogP contribution in [0.15, 0.2) is 24.3 Å². The summed E-state index contributed by atoms with van der Waals surface area (Å²) in [6.45, 7) is 4.27. The largest absolute Gasteiger partial charge is 0.311 e. The zero-order valence-corrected chi connectivity index (χ0v) is 9.39. The molecule has 1 N–H and O–H groups in total. The van der Waals surface area contributed by atoms with Crippen LogP contribution in [0.4, 0.5) is 4.39 Å². The molecule has 0 heterocycles. The van der Waals surface area contributed by atoms with Gasteiger partial charge in [0.05, 0.1) is 0 Å². The van der Waals surface area contributed by atoms with Crippen molar-refractivity contribution in [3.63, 3.8) is 0 Å². The molecule has 15 heavy (non-hydrogen) atoms. The first kappa shape index (κ1) is 10.4. The molecule has 80 valence electrons. The van der Waals surface area contributed by atoms with Crippen molar-refractivity contribution in [3.8, 4) is 0 Å². The molecule has 2 heteroatoms. The third-order valence-electron chi connectivity index (χ3n) is 3.18. The number of halogens is 1. The van der Waals surface area contributed by atoms with Gasteiger partial charge in [-0.05, 0) is 56.1 Å². The van der Waals surface area contributed by atoms with Crippen LogP contribution in [0, 0.1) is 5.82 Å². The van der Waals surface area contributed by atoms with E-state index in [9.17, 15) is 4.39 Å². The van der Waals surface area contributed by atoms with Crippen molar-refractivity contribution in [2.45, 2.75) is 25.8 Å².